The molecule has 1 heterocycles. The van der Waals surface area contributed by atoms with E-state index >= 15 is 0 Å². The number of hydrogen-bond acceptors (Lipinski definition) is 4. The number of ether oxygens (including phenoxy) is 2. The molecule has 1 N–H and O–H groups in total. The molecule has 3 aromatic carbocycles. The van der Waals surface area contributed by atoms with Crippen LogP contribution in [0.15, 0.2) is 72.8 Å². The van der Waals surface area contributed by atoms with Gasteiger partial charge in [0.05, 0.1) is 23.6 Å². The highest BCUT2D eigenvalue weighted by molar-refractivity contribution is 6.30. The Labute approximate surface area is 210 Å². The third-order valence-electron chi connectivity index (χ3n) is 5.76. The SMILES string of the molecule is CC(C)c1ccc(OCCn2c(C(C)NC(=O)COc3ccc(Cl)cc3)nc3ccccc32)cc1. The summed E-state index contributed by atoms with van der Waals surface area (Å²) in [5, 5.41) is 3.61. The zero-order valence-corrected chi connectivity index (χ0v) is 21.0. The molecule has 1 aromatic heterocycles. The molecule has 0 aliphatic carbocycles. The van der Waals surface area contributed by atoms with Crippen LogP contribution in [0.1, 0.15) is 44.1 Å². The molecule has 6 nitrogen and oxygen atoms in total. The van der Waals surface area contributed by atoms with Crippen molar-refractivity contribution >= 4 is 28.5 Å². The third-order valence-corrected chi connectivity index (χ3v) is 6.01. The number of para-hydroxylation sites is 2. The summed E-state index contributed by atoms with van der Waals surface area (Å²) in [7, 11) is 0. The molecule has 0 aliphatic heterocycles. The van der Waals surface area contributed by atoms with E-state index in [1.54, 1.807) is 24.3 Å². The van der Waals surface area contributed by atoms with Crippen LogP contribution in [0.4, 0.5) is 0 Å². The van der Waals surface area contributed by atoms with E-state index in [1.165, 1.54) is 5.56 Å². The van der Waals surface area contributed by atoms with Gasteiger partial charge in [-0.3, -0.25) is 4.79 Å². The highest BCUT2D eigenvalue weighted by Gasteiger charge is 2.19. The van der Waals surface area contributed by atoms with E-state index in [2.05, 4.69) is 35.9 Å². The van der Waals surface area contributed by atoms with Gasteiger partial charge in [-0.1, -0.05) is 49.7 Å². The fourth-order valence-corrected chi connectivity index (χ4v) is 4.02. The van der Waals surface area contributed by atoms with Crippen molar-refractivity contribution in [3.8, 4) is 11.5 Å². The monoisotopic (exact) mass is 491 g/mol. The number of imidazole rings is 1. The molecule has 0 bridgehead atoms. The topological polar surface area (TPSA) is 65.4 Å². The van der Waals surface area contributed by atoms with Crippen molar-refractivity contribution in [3.63, 3.8) is 0 Å². The molecule has 0 radical (unpaired) electrons. The van der Waals surface area contributed by atoms with E-state index in [4.69, 9.17) is 26.1 Å². The summed E-state index contributed by atoms with van der Waals surface area (Å²) < 4.78 is 13.7. The lowest BCUT2D eigenvalue weighted by Crippen LogP contribution is -2.33. The average Bonchev–Trinajstić information content (AvgIpc) is 3.23. The first-order chi connectivity index (χ1) is 16.9. The Balaban J connectivity index is 1.41. The van der Waals surface area contributed by atoms with Crippen molar-refractivity contribution in [2.24, 2.45) is 0 Å². The Kier molecular flexibility index (Phi) is 7.93. The number of nitrogens with zero attached hydrogens (tertiary/aromatic N) is 2. The molecule has 0 saturated heterocycles. The Morgan fingerprint density at radius 2 is 1.60 bits per heavy atom. The van der Waals surface area contributed by atoms with E-state index in [1.807, 2.05) is 43.3 Å². The fourth-order valence-electron chi connectivity index (χ4n) is 3.89. The molecule has 4 aromatic rings. The van der Waals surface area contributed by atoms with Gasteiger partial charge >= 0.3 is 0 Å². The van der Waals surface area contributed by atoms with Gasteiger partial charge < -0.3 is 19.4 Å². The smallest absolute Gasteiger partial charge is 0.258 e. The third kappa shape index (κ3) is 6.34. The fraction of sp³-hybridized carbons (Fsp3) is 0.286. The normalized spacial score (nSPS) is 12.0. The molecule has 35 heavy (non-hydrogen) atoms. The molecule has 1 amide bonds. The number of hydrogen-bond donors (Lipinski definition) is 1. The minimum absolute atomic E-state index is 0.0956. The van der Waals surface area contributed by atoms with Crippen molar-refractivity contribution in [1.82, 2.24) is 14.9 Å². The van der Waals surface area contributed by atoms with E-state index in [0.717, 1.165) is 22.6 Å². The van der Waals surface area contributed by atoms with Crippen molar-refractivity contribution in [2.45, 2.75) is 39.3 Å². The quantitative estimate of drug-likeness (QED) is 0.289. The maximum Gasteiger partial charge on any atom is 0.258 e. The Hall–Kier alpha value is -3.51. The molecule has 0 aliphatic rings. The van der Waals surface area contributed by atoms with Gasteiger partial charge in [-0.25, -0.2) is 4.98 Å². The summed E-state index contributed by atoms with van der Waals surface area (Å²) in [6.07, 6.45) is 0. The zero-order chi connectivity index (χ0) is 24.8. The Morgan fingerprint density at radius 1 is 0.943 bits per heavy atom. The molecule has 0 fully saturated rings. The Bertz CT molecular complexity index is 1270. The van der Waals surface area contributed by atoms with Gasteiger partial charge in [0.1, 0.15) is 23.9 Å². The number of rotatable bonds is 10. The predicted molar refractivity (Wildman–Crippen MR) is 139 cm³/mol. The number of aromatic nitrogens is 2. The van der Waals surface area contributed by atoms with Crippen LogP contribution >= 0.6 is 11.6 Å². The summed E-state index contributed by atoms with van der Waals surface area (Å²) in [5.41, 5.74) is 3.16. The second-order valence-corrected chi connectivity index (χ2v) is 9.15. The molecule has 182 valence electrons. The van der Waals surface area contributed by atoms with Gasteiger partial charge in [0.2, 0.25) is 0 Å². The van der Waals surface area contributed by atoms with Crippen LogP contribution in [0.2, 0.25) is 5.02 Å². The van der Waals surface area contributed by atoms with Crippen LogP contribution in [-0.2, 0) is 11.3 Å². The van der Waals surface area contributed by atoms with E-state index in [-0.39, 0.29) is 18.6 Å². The molecular formula is C28H30ClN3O3. The predicted octanol–water partition coefficient (Wildman–Crippen LogP) is 6.15. The number of nitrogens with one attached hydrogen (secondary N) is 1. The van der Waals surface area contributed by atoms with Crippen LogP contribution in [0, 0.1) is 0 Å². The van der Waals surface area contributed by atoms with Gasteiger partial charge in [-0.2, -0.15) is 0 Å². The minimum atomic E-state index is -0.311. The van der Waals surface area contributed by atoms with Crippen LogP contribution in [0.5, 0.6) is 11.5 Å². The van der Waals surface area contributed by atoms with Gasteiger partial charge in [0, 0.05) is 5.02 Å². The molecule has 7 heteroatoms. The minimum Gasteiger partial charge on any atom is -0.492 e. The lowest BCUT2D eigenvalue weighted by atomic mass is 10.0. The van der Waals surface area contributed by atoms with Crippen LogP contribution in [0.25, 0.3) is 11.0 Å². The van der Waals surface area contributed by atoms with Gasteiger partial charge in [0.25, 0.3) is 5.91 Å². The van der Waals surface area contributed by atoms with Crippen molar-refractivity contribution in [3.05, 3.63) is 89.2 Å². The van der Waals surface area contributed by atoms with E-state index < -0.39 is 0 Å². The molecule has 1 atom stereocenters. The van der Waals surface area contributed by atoms with Gasteiger partial charge in [-0.15, -0.1) is 0 Å². The lowest BCUT2D eigenvalue weighted by Gasteiger charge is -2.17. The number of halogens is 1. The Morgan fingerprint density at radius 3 is 2.31 bits per heavy atom. The lowest BCUT2D eigenvalue weighted by molar-refractivity contribution is -0.123. The number of carbonyl (C=O) groups is 1. The van der Waals surface area contributed by atoms with Crippen LogP contribution in [-0.4, -0.2) is 28.7 Å². The molecule has 4 rings (SSSR count). The second kappa shape index (κ2) is 11.3. The van der Waals surface area contributed by atoms with Crippen molar-refractivity contribution < 1.29 is 14.3 Å². The standard InChI is InChI=1S/C28H30ClN3O3/c1-19(2)21-8-12-23(13-9-21)34-17-16-32-26-7-5-4-6-25(26)31-28(32)20(3)30-27(33)18-35-24-14-10-22(29)11-15-24/h4-15,19-20H,16-18H2,1-3H3,(H,30,33). The molecule has 0 saturated carbocycles. The first-order valence-electron chi connectivity index (χ1n) is 11.8. The van der Waals surface area contributed by atoms with E-state index in [0.29, 0.717) is 29.8 Å². The first kappa shape index (κ1) is 24.6. The number of fused-ring (bicyclic) bond motifs is 1. The summed E-state index contributed by atoms with van der Waals surface area (Å²) in [6, 6.07) is 22.7. The number of benzene rings is 3. The largest absolute Gasteiger partial charge is 0.492 e. The van der Waals surface area contributed by atoms with Gasteiger partial charge in [-0.05, 0) is 66.9 Å². The zero-order valence-electron chi connectivity index (χ0n) is 20.2. The maximum absolute atomic E-state index is 12.5. The van der Waals surface area contributed by atoms with E-state index in [9.17, 15) is 4.79 Å². The molecule has 1 unspecified atom stereocenters. The van der Waals surface area contributed by atoms with Gasteiger partial charge in [0.15, 0.2) is 6.61 Å². The van der Waals surface area contributed by atoms with Crippen molar-refractivity contribution in [2.75, 3.05) is 13.2 Å². The summed E-state index contributed by atoms with van der Waals surface area (Å²) in [5.74, 6) is 2.44. The summed E-state index contributed by atoms with van der Waals surface area (Å²) in [4.78, 5) is 17.3. The first-order valence-corrected chi connectivity index (χ1v) is 12.1. The summed E-state index contributed by atoms with van der Waals surface area (Å²) in [6.45, 7) is 7.25. The molecule has 0 spiro atoms. The van der Waals surface area contributed by atoms with Crippen molar-refractivity contribution in [1.29, 1.82) is 0 Å². The second-order valence-electron chi connectivity index (χ2n) is 8.71. The number of carbonyl (C=O) groups excluding carboxylic acids is 1. The molecular weight excluding hydrogens is 462 g/mol. The highest BCUT2D eigenvalue weighted by atomic mass is 35.5. The highest BCUT2D eigenvalue weighted by Crippen LogP contribution is 2.22. The maximum atomic E-state index is 12.5. The van der Waals surface area contributed by atoms with Crippen LogP contribution in [0.3, 0.4) is 0 Å². The van der Waals surface area contributed by atoms with Crippen LogP contribution < -0.4 is 14.8 Å². The summed E-state index contributed by atoms with van der Waals surface area (Å²) >= 11 is 5.89. The number of amides is 1. The average molecular weight is 492 g/mol.